The summed E-state index contributed by atoms with van der Waals surface area (Å²) in [4.78, 5) is 15.7. The largest absolute Gasteiger partial charge is 0.480 e. The Kier molecular flexibility index (Phi) is 4.85. The van der Waals surface area contributed by atoms with Gasteiger partial charge in [-0.25, -0.2) is 0 Å². The van der Waals surface area contributed by atoms with Gasteiger partial charge in [0.05, 0.1) is 0 Å². The summed E-state index contributed by atoms with van der Waals surface area (Å²) in [5, 5.41) is 9.06. The van der Waals surface area contributed by atoms with Gasteiger partial charge in [0, 0.05) is 32.2 Å². The van der Waals surface area contributed by atoms with Crippen LogP contribution >= 0.6 is 0 Å². The fourth-order valence-electron chi connectivity index (χ4n) is 3.80. The third kappa shape index (κ3) is 3.48. The minimum absolute atomic E-state index is 0.342. The Morgan fingerprint density at radius 1 is 1.16 bits per heavy atom. The summed E-state index contributed by atoms with van der Waals surface area (Å²) < 4.78 is 0. The Bertz CT molecular complexity index is 313. The normalized spacial score (nSPS) is 36.1. The van der Waals surface area contributed by atoms with Crippen LogP contribution in [0.25, 0.3) is 0 Å². The Balaban J connectivity index is 1.84. The molecule has 1 saturated carbocycles. The Hall–Kier alpha value is -0.610. The Morgan fingerprint density at radius 3 is 2.32 bits per heavy atom. The van der Waals surface area contributed by atoms with Crippen LogP contribution in [0.3, 0.4) is 0 Å². The van der Waals surface area contributed by atoms with Crippen LogP contribution in [0.4, 0.5) is 0 Å². The number of hydrogen-bond acceptors (Lipinski definition) is 3. The van der Waals surface area contributed by atoms with Gasteiger partial charge in [0.15, 0.2) is 0 Å². The molecule has 19 heavy (non-hydrogen) atoms. The van der Waals surface area contributed by atoms with Gasteiger partial charge >= 0.3 is 5.97 Å². The van der Waals surface area contributed by atoms with Crippen LogP contribution < -0.4 is 0 Å². The molecule has 1 aliphatic heterocycles. The molecular formula is C15H28N2O2. The van der Waals surface area contributed by atoms with Crippen LogP contribution in [-0.4, -0.2) is 59.1 Å². The number of nitrogens with zero attached hydrogens (tertiary/aromatic N) is 2. The molecule has 1 N–H and O–H groups in total. The standard InChI is InChI=1S/C15H28N2O2/c1-11-4-5-14(12(2)10-11)17-8-6-16(7-9-17)13(3)15(18)19/h11-14H,4-10H2,1-3H3,(H,18,19). The van der Waals surface area contributed by atoms with Crippen molar-refractivity contribution in [1.82, 2.24) is 9.80 Å². The fraction of sp³-hybridized carbons (Fsp3) is 0.933. The summed E-state index contributed by atoms with van der Waals surface area (Å²) in [5.74, 6) is 0.958. The Labute approximate surface area is 116 Å². The van der Waals surface area contributed by atoms with Crippen molar-refractivity contribution in [3.8, 4) is 0 Å². The van der Waals surface area contributed by atoms with E-state index in [1.807, 2.05) is 0 Å². The molecule has 4 atom stereocenters. The van der Waals surface area contributed by atoms with E-state index in [1.54, 1.807) is 6.92 Å². The van der Waals surface area contributed by atoms with Gasteiger partial charge in [-0.05, 0) is 38.0 Å². The van der Waals surface area contributed by atoms with E-state index in [0.717, 1.165) is 44.1 Å². The van der Waals surface area contributed by atoms with Crippen molar-refractivity contribution in [1.29, 1.82) is 0 Å². The van der Waals surface area contributed by atoms with Crippen molar-refractivity contribution >= 4 is 5.97 Å². The van der Waals surface area contributed by atoms with Crippen molar-refractivity contribution in [3.63, 3.8) is 0 Å². The van der Waals surface area contributed by atoms with Crippen molar-refractivity contribution in [2.24, 2.45) is 11.8 Å². The molecule has 2 aliphatic rings. The van der Waals surface area contributed by atoms with E-state index in [1.165, 1.54) is 19.3 Å². The molecule has 2 rings (SSSR count). The second kappa shape index (κ2) is 6.23. The number of carboxylic acids is 1. The smallest absolute Gasteiger partial charge is 0.320 e. The van der Waals surface area contributed by atoms with Crippen LogP contribution in [0.2, 0.25) is 0 Å². The third-order valence-electron chi connectivity index (χ3n) is 5.11. The molecular weight excluding hydrogens is 240 g/mol. The van der Waals surface area contributed by atoms with E-state index in [9.17, 15) is 4.79 Å². The van der Waals surface area contributed by atoms with Crippen LogP contribution in [0.5, 0.6) is 0 Å². The van der Waals surface area contributed by atoms with E-state index in [2.05, 4.69) is 23.6 Å². The molecule has 2 fully saturated rings. The molecule has 0 amide bonds. The average Bonchev–Trinajstić information content (AvgIpc) is 2.38. The van der Waals surface area contributed by atoms with Gasteiger partial charge in [-0.15, -0.1) is 0 Å². The van der Waals surface area contributed by atoms with Gasteiger partial charge in [0.1, 0.15) is 6.04 Å². The van der Waals surface area contributed by atoms with Crippen molar-refractivity contribution < 1.29 is 9.90 Å². The molecule has 0 aromatic carbocycles. The predicted molar refractivity (Wildman–Crippen MR) is 76.2 cm³/mol. The first-order valence-electron chi connectivity index (χ1n) is 7.70. The van der Waals surface area contributed by atoms with Gasteiger partial charge in [0.2, 0.25) is 0 Å². The molecule has 0 bridgehead atoms. The highest BCUT2D eigenvalue weighted by molar-refractivity contribution is 5.72. The number of carboxylic acid groups (broad SMARTS) is 1. The topological polar surface area (TPSA) is 43.8 Å². The van der Waals surface area contributed by atoms with Crippen LogP contribution in [-0.2, 0) is 4.79 Å². The lowest BCUT2D eigenvalue weighted by molar-refractivity contribution is -0.143. The van der Waals surface area contributed by atoms with E-state index in [-0.39, 0.29) is 6.04 Å². The first-order chi connectivity index (χ1) is 8.99. The molecule has 0 spiro atoms. The Morgan fingerprint density at radius 2 is 1.79 bits per heavy atom. The summed E-state index contributed by atoms with van der Waals surface area (Å²) in [6.07, 6.45) is 4.01. The summed E-state index contributed by atoms with van der Waals surface area (Å²) in [6.45, 7) is 10.4. The van der Waals surface area contributed by atoms with Crippen molar-refractivity contribution in [3.05, 3.63) is 0 Å². The molecule has 1 heterocycles. The molecule has 0 aromatic heterocycles. The number of carbonyl (C=O) groups is 1. The van der Waals surface area contributed by atoms with Crippen LogP contribution in [0.1, 0.15) is 40.0 Å². The van der Waals surface area contributed by atoms with E-state index >= 15 is 0 Å². The van der Waals surface area contributed by atoms with Gasteiger partial charge in [-0.3, -0.25) is 14.6 Å². The fourth-order valence-corrected chi connectivity index (χ4v) is 3.80. The van der Waals surface area contributed by atoms with Crippen LogP contribution in [0.15, 0.2) is 0 Å². The van der Waals surface area contributed by atoms with E-state index in [0.29, 0.717) is 0 Å². The zero-order valence-corrected chi connectivity index (χ0v) is 12.5. The average molecular weight is 268 g/mol. The van der Waals surface area contributed by atoms with E-state index < -0.39 is 5.97 Å². The first kappa shape index (κ1) is 14.8. The molecule has 4 unspecified atom stereocenters. The zero-order valence-electron chi connectivity index (χ0n) is 12.5. The maximum absolute atomic E-state index is 11.0. The molecule has 1 aliphatic carbocycles. The van der Waals surface area contributed by atoms with Gasteiger partial charge < -0.3 is 5.11 Å². The van der Waals surface area contributed by atoms with Crippen LogP contribution in [0, 0.1) is 11.8 Å². The second-order valence-corrected chi connectivity index (χ2v) is 6.55. The molecule has 4 nitrogen and oxygen atoms in total. The minimum Gasteiger partial charge on any atom is -0.480 e. The summed E-state index contributed by atoms with van der Waals surface area (Å²) >= 11 is 0. The molecule has 0 radical (unpaired) electrons. The zero-order chi connectivity index (χ0) is 14.0. The highest BCUT2D eigenvalue weighted by Crippen LogP contribution is 2.32. The maximum Gasteiger partial charge on any atom is 0.320 e. The third-order valence-corrected chi connectivity index (χ3v) is 5.11. The highest BCUT2D eigenvalue weighted by atomic mass is 16.4. The molecule has 1 saturated heterocycles. The summed E-state index contributed by atoms with van der Waals surface area (Å²) in [5.41, 5.74) is 0. The number of hydrogen-bond donors (Lipinski definition) is 1. The number of rotatable bonds is 3. The van der Waals surface area contributed by atoms with Gasteiger partial charge in [-0.2, -0.15) is 0 Å². The van der Waals surface area contributed by atoms with Crippen molar-refractivity contribution in [2.75, 3.05) is 26.2 Å². The lowest BCUT2D eigenvalue weighted by atomic mass is 9.79. The maximum atomic E-state index is 11.0. The monoisotopic (exact) mass is 268 g/mol. The summed E-state index contributed by atoms with van der Waals surface area (Å²) in [7, 11) is 0. The number of aliphatic carboxylic acids is 1. The molecule has 110 valence electrons. The van der Waals surface area contributed by atoms with Crippen molar-refractivity contribution in [2.45, 2.75) is 52.1 Å². The van der Waals surface area contributed by atoms with Gasteiger partial charge in [-0.1, -0.05) is 13.8 Å². The lowest BCUT2D eigenvalue weighted by Crippen LogP contribution is -2.56. The predicted octanol–water partition coefficient (Wildman–Crippen LogP) is 1.90. The first-order valence-corrected chi connectivity index (χ1v) is 7.70. The SMILES string of the molecule is CC1CCC(N2CCN(C(C)C(=O)O)CC2)C(C)C1. The highest BCUT2D eigenvalue weighted by Gasteiger charge is 2.33. The van der Waals surface area contributed by atoms with E-state index in [4.69, 9.17) is 5.11 Å². The quantitative estimate of drug-likeness (QED) is 0.849. The minimum atomic E-state index is -0.701. The second-order valence-electron chi connectivity index (χ2n) is 6.55. The lowest BCUT2D eigenvalue weighted by Gasteiger charge is -2.45. The molecule has 0 aromatic rings. The number of piperazine rings is 1. The van der Waals surface area contributed by atoms with Gasteiger partial charge in [0.25, 0.3) is 0 Å². The molecule has 4 heteroatoms. The summed E-state index contributed by atoms with van der Waals surface area (Å²) in [6, 6.07) is 0.379.